The van der Waals surface area contributed by atoms with Crippen molar-refractivity contribution >= 4 is 23.4 Å². The number of hydrogen-bond acceptors (Lipinski definition) is 4. The predicted molar refractivity (Wildman–Crippen MR) is 69.9 cm³/mol. The molecular weight excluding hydrogens is 252 g/mol. The van der Waals surface area contributed by atoms with Crippen molar-refractivity contribution in [2.24, 2.45) is 0 Å². The van der Waals surface area contributed by atoms with E-state index in [-0.39, 0.29) is 12.3 Å². The van der Waals surface area contributed by atoms with Gasteiger partial charge in [0.05, 0.1) is 11.3 Å². The van der Waals surface area contributed by atoms with Gasteiger partial charge in [-0.2, -0.15) is 4.37 Å². The first-order valence-corrected chi connectivity index (χ1v) is 6.86. The molecule has 0 radical (unpaired) electrons. The predicted octanol–water partition coefficient (Wildman–Crippen LogP) is 2.22. The monoisotopic (exact) mass is 270 g/mol. The SMILES string of the molecule is Cc1nscc1C(=O)NCCCCCCC(=O)O. The molecule has 0 saturated carbocycles. The van der Waals surface area contributed by atoms with Gasteiger partial charge in [-0.25, -0.2) is 0 Å². The summed E-state index contributed by atoms with van der Waals surface area (Å²) in [6.45, 7) is 2.44. The van der Waals surface area contributed by atoms with Gasteiger partial charge in [-0.05, 0) is 31.3 Å². The van der Waals surface area contributed by atoms with Crippen LogP contribution in [0.25, 0.3) is 0 Å². The van der Waals surface area contributed by atoms with Crippen molar-refractivity contribution in [3.05, 3.63) is 16.6 Å². The van der Waals surface area contributed by atoms with Crippen LogP contribution >= 0.6 is 11.5 Å². The van der Waals surface area contributed by atoms with Gasteiger partial charge in [0.1, 0.15) is 0 Å². The maximum absolute atomic E-state index is 11.7. The van der Waals surface area contributed by atoms with Gasteiger partial charge < -0.3 is 10.4 Å². The van der Waals surface area contributed by atoms with Crippen molar-refractivity contribution in [1.29, 1.82) is 0 Å². The summed E-state index contributed by atoms with van der Waals surface area (Å²) in [4.78, 5) is 22.0. The molecule has 18 heavy (non-hydrogen) atoms. The van der Waals surface area contributed by atoms with Crippen molar-refractivity contribution in [2.75, 3.05) is 6.54 Å². The summed E-state index contributed by atoms with van der Waals surface area (Å²) < 4.78 is 4.05. The van der Waals surface area contributed by atoms with E-state index in [0.717, 1.165) is 25.0 Å². The number of hydrogen-bond donors (Lipinski definition) is 2. The fourth-order valence-corrected chi connectivity index (χ4v) is 2.25. The van der Waals surface area contributed by atoms with E-state index in [1.807, 2.05) is 6.92 Å². The summed E-state index contributed by atoms with van der Waals surface area (Å²) in [7, 11) is 0. The minimum atomic E-state index is -0.747. The first-order valence-electron chi connectivity index (χ1n) is 6.02. The molecule has 0 saturated heterocycles. The van der Waals surface area contributed by atoms with E-state index in [2.05, 4.69) is 9.69 Å². The molecule has 5 nitrogen and oxygen atoms in total. The third-order valence-corrected chi connectivity index (χ3v) is 3.32. The molecule has 0 atom stereocenters. The Balaban J connectivity index is 2.06. The van der Waals surface area contributed by atoms with Gasteiger partial charge in [0.15, 0.2) is 0 Å². The van der Waals surface area contributed by atoms with Crippen LogP contribution in [-0.4, -0.2) is 27.9 Å². The molecule has 0 bridgehead atoms. The molecule has 1 rings (SSSR count). The molecule has 1 aromatic rings. The minimum absolute atomic E-state index is 0.0771. The molecule has 0 aromatic carbocycles. The molecule has 1 heterocycles. The quantitative estimate of drug-likeness (QED) is 0.710. The zero-order chi connectivity index (χ0) is 13.4. The van der Waals surface area contributed by atoms with E-state index < -0.39 is 5.97 Å². The maximum Gasteiger partial charge on any atom is 0.303 e. The first-order chi connectivity index (χ1) is 8.61. The Labute approximate surface area is 110 Å². The number of rotatable bonds is 8. The number of aliphatic carboxylic acids is 1. The van der Waals surface area contributed by atoms with Crippen molar-refractivity contribution < 1.29 is 14.7 Å². The summed E-state index contributed by atoms with van der Waals surface area (Å²) >= 11 is 1.28. The third kappa shape index (κ3) is 5.27. The molecule has 1 aromatic heterocycles. The van der Waals surface area contributed by atoms with Crippen LogP contribution in [0.1, 0.15) is 48.2 Å². The number of carbonyl (C=O) groups is 2. The minimum Gasteiger partial charge on any atom is -0.481 e. The molecule has 0 spiro atoms. The highest BCUT2D eigenvalue weighted by Gasteiger charge is 2.09. The van der Waals surface area contributed by atoms with Crippen molar-refractivity contribution in [3.63, 3.8) is 0 Å². The zero-order valence-corrected chi connectivity index (χ0v) is 11.3. The number of carboxylic acid groups (broad SMARTS) is 1. The Morgan fingerprint density at radius 1 is 1.33 bits per heavy atom. The summed E-state index contributed by atoms with van der Waals surface area (Å²) in [5, 5.41) is 13.0. The van der Waals surface area contributed by atoms with Crippen molar-refractivity contribution in [1.82, 2.24) is 9.69 Å². The number of carboxylic acids is 1. The molecule has 1 amide bonds. The number of aromatic nitrogens is 1. The van der Waals surface area contributed by atoms with Gasteiger partial charge in [-0.3, -0.25) is 9.59 Å². The number of amides is 1. The number of carbonyl (C=O) groups excluding carboxylic acids is 1. The smallest absolute Gasteiger partial charge is 0.303 e. The molecule has 0 unspecified atom stereocenters. The van der Waals surface area contributed by atoms with E-state index in [9.17, 15) is 9.59 Å². The van der Waals surface area contributed by atoms with Crippen LogP contribution in [0, 0.1) is 6.92 Å². The van der Waals surface area contributed by atoms with Crippen molar-refractivity contribution in [2.45, 2.75) is 39.0 Å². The Hall–Kier alpha value is -1.43. The zero-order valence-electron chi connectivity index (χ0n) is 10.4. The van der Waals surface area contributed by atoms with Gasteiger partial charge in [0.2, 0.25) is 0 Å². The average molecular weight is 270 g/mol. The lowest BCUT2D eigenvalue weighted by Gasteiger charge is -2.04. The standard InChI is InChI=1S/C12H18N2O3S/c1-9-10(8-18-14-9)12(17)13-7-5-3-2-4-6-11(15)16/h8H,2-7H2,1H3,(H,13,17)(H,15,16). The molecule has 2 N–H and O–H groups in total. The van der Waals surface area contributed by atoms with Crippen LogP contribution in [0.2, 0.25) is 0 Å². The maximum atomic E-state index is 11.7. The number of nitrogens with one attached hydrogen (secondary N) is 1. The van der Waals surface area contributed by atoms with E-state index in [1.165, 1.54) is 11.5 Å². The normalized spacial score (nSPS) is 10.3. The Morgan fingerprint density at radius 2 is 2.06 bits per heavy atom. The highest BCUT2D eigenvalue weighted by molar-refractivity contribution is 7.03. The highest BCUT2D eigenvalue weighted by Crippen LogP contribution is 2.08. The third-order valence-electron chi connectivity index (χ3n) is 2.60. The van der Waals surface area contributed by atoms with Gasteiger partial charge in [-0.15, -0.1) is 0 Å². The second kappa shape index (κ2) is 7.81. The van der Waals surface area contributed by atoms with Crippen LogP contribution in [0.4, 0.5) is 0 Å². The second-order valence-corrected chi connectivity index (χ2v) is 4.76. The van der Waals surface area contributed by atoms with Crippen molar-refractivity contribution in [3.8, 4) is 0 Å². The van der Waals surface area contributed by atoms with Gasteiger partial charge in [0.25, 0.3) is 5.91 Å². The highest BCUT2D eigenvalue weighted by atomic mass is 32.1. The van der Waals surface area contributed by atoms with E-state index in [1.54, 1.807) is 5.38 Å². The fourth-order valence-electron chi connectivity index (χ4n) is 1.56. The van der Waals surface area contributed by atoms with E-state index in [0.29, 0.717) is 18.5 Å². The molecular formula is C12H18N2O3S. The molecule has 0 fully saturated rings. The lowest BCUT2D eigenvalue weighted by atomic mass is 10.1. The number of aryl methyl sites for hydroxylation is 1. The summed E-state index contributed by atoms with van der Waals surface area (Å²) in [5.41, 5.74) is 1.41. The summed E-state index contributed by atoms with van der Waals surface area (Å²) in [6.07, 6.45) is 3.64. The van der Waals surface area contributed by atoms with E-state index >= 15 is 0 Å². The lowest BCUT2D eigenvalue weighted by Crippen LogP contribution is -2.24. The van der Waals surface area contributed by atoms with Gasteiger partial charge in [0, 0.05) is 18.3 Å². The number of nitrogens with zero attached hydrogens (tertiary/aromatic N) is 1. The van der Waals surface area contributed by atoms with Gasteiger partial charge >= 0.3 is 5.97 Å². The first kappa shape index (κ1) is 14.6. The van der Waals surface area contributed by atoms with Gasteiger partial charge in [-0.1, -0.05) is 12.8 Å². The van der Waals surface area contributed by atoms with Crippen LogP contribution in [0.15, 0.2) is 5.38 Å². The molecule has 0 aliphatic carbocycles. The van der Waals surface area contributed by atoms with Crippen LogP contribution in [-0.2, 0) is 4.79 Å². The Bertz CT molecular complexity index is 404. The lowest BCUT2D eigenvalue weighted by molar-refractivity contribution is -0.137. The Morgan fingerprint density at radius 3 is 2.67 bits per heavy atom. The van der Waals surface area contributed by atoms with Crippen LogP contribution in [0.3, 0.4) is 0 Å². The topological polar surface area (TPSA) is 79.3 Å². The van der Waals surface area contributed by atoms with Crippen LogP contribution < -0.4 is 5.32 Å². The Kier molecular flexibility index (Phi) is 6.35. The molecule has 0 aliphatic rings. The molecule has 100 valence electrons. The van der Waals surface area contributed by atoms with E-state index in [4.69, 9.17) is 5.11 Å². The average Bonchev–Trinajstić information content (AvgIpc) is 2.73. The molecule has 6 heteroatoms. The van der Waals surface area contributed by atoms with Crippen LogP contribution in [0.5, 0.6) is 0 Å². The molecule has 0 aliphatic heterocycles. The summed E-state index contributed by atoms with van der Waals surface area (Å²) in [6, 6.07) is 0. The fraction of sp³-hybridized carbons (Fsp3) is 0.583. The number of unbranched alkanes of at least 4 members (excludes halogenated alkanes) is 3. The summed E-state index contributed by atoms with van der Waals surface area (Å²) in [5.74, 6) is -0.824. The second-order valence-electron chi connectivity index (χ2n) is 4.13. The largest absolute Gasteiger partial charge is 0.481 e.